The zero-order valence-electron chi connectivity index (χ0n) is 30.3. The van der Waals surface area contributed by atoms with Crippen LogP contribution in [-0.4, -0.2) is 6.15 Å². The Morgan fingerprint density at radius 3 is 0.750 bits per heavy atom. The summed E-state index contributed by atoms with van der Waals surface area (Å²) in [4.78, 5) is 0. The minimum atomic E-state index is -2.82. The third-order valence-corrected chi connectivity index (χ3v) is 14.8. The highest BCUT2D eigenvalue weighted by atomic mass is 31.2. The van der Waals surface area contributed by atoms with Gasteiger partial charge in [0.05, 0.1) is 5.56 Å². The average Bonchev–Trinajstić information content (AvgIpc) is 3.28. The first-order chi connectivity index (χ1) is 27.4. The van der Waals surface area contributed by atoms with Gasteiger partial charge in [0.1, 0.15) is 35.5 Å². The number of hydrogen-bond donors (Lipinski definition) is 0. The molecule has 276 valence electrons. The first-order valence-corrected chi connectivity index (χ1v) is 20.3. The van der Waals surface area contributed by atoms with E-state index in [9.17, 15) is 22.0 Å². The average molecular weight is 763 g/mol. The second-order valence-corrected chi connectivity index (χ2v) is 17.0. The van der Waals surface area contributed by atoms with Crippen molar-refractivity contribution in [2.24, 2.45) is 0 Å². The van der Waals surface area contributed by atoms with Crippen molar-refractivity contribution in [3.8, 4) is 0 Å². The van der Waals surface area contributed by atoms with Gasteiger partial charge in [-0.15, -0.1) is 0 Å². The van der Waals surface area contributed by atoms with Crippen LogP contribution in [0.4, 0.5) is 22.0 Å². The van der Waals surface area contributed by atoms with E-state index in [1.54, 1.807) is 36.4 Å². The summed E-state index contributed by atoms with van der Waals surface area (Å²) in [5, 5.41) is 2.32. The normalized spacial score (nSPS) is 11.4. The first-order valence-electron chi connectivity index (χ1n) is 18.3. The third kappa shape index (κ3) is 7.21. The topological polar surface area (TPSA) is 0 Å². The molecule has 0 spiro atoms. The van der Waals surface area contributed by atoms with Crippen LogP contribution in [0.1, 0.15) is 5.56 Å². The molecule has 0 radical (unpaired) electrons. The van der Waals surface area contributed by atoms with Crippen molar-refractivity contribution in [2.75, 3.05) is 0 Å². The SMILES string of the molecule is Fc1c(F)c(F)c(C[P+](c2ccccc2)(c2ccccc2)c2ccccc2)c(F)c1F.c1ccc([B-](c2ccccc2)(c2ccccc2)c2ccccc2)cc1. The number of hydrogen-bond acceptors (Lipinski definition) is 0. The molecule has 8 aromatic rings. The van der Waals surface area contributed by atoms with Crippen LogP contribution in [0.2, 0.25) is 0 Å². The maximum Gasteiger partial charge on any atom is 0.200 e. The van der Waals surface area contributed by atoms with Crippen molar-refractivity contribution in [3.05, 3.63) is 247 Å². The smallest absolute Gasteiger partial charge is 0.200 e. The summed E-state index contributed by atoms with van der Waals surface area (Å²) in [6, 6.07) is 70.8. The van der Waals surface area contributed by atoms with Gasteiger partial charge >= 0.3 is 0 Å². The highest BCUT2D eigenvalue weighted by Gasteiger charge is 2.47. The summed E-state index contributed by atoms with van der Waals surface area (Å²) in [7, 11) is -2.82. The molecule has 0 saturated heterocycles. The fraction of sp³-hybridized carbons (Fsp3) is 0.0204. The Morgan fingerprint density at radius 1 is 0.286 bits per heavy atom. The summed E-state index contributed by atoms with van der Waals surface area (Å²) in [6.45, 7) is 0. The maximum atomic E-state index is 14.8. The van der Waals surface area contributed by atoms with E-state index in [-0.39, 0.29) is 6.16 Å². The highest BCUT2D eigenvalue weighted by molar-refractivity contribution is 7.95. The molecule has 0 unspecified atom stereocenters. The van der Waals surface area contributed by atoms with Gasteiger partial charge in [0.15, 0.2) is 23.3 Å². The summed E-state index contributed by atoms with van der Waals surface area (Å²) < 4.78 is 71.3. The van der Waals surface area contributed by atoms with E-state index in [0.29, 0.717) is 0 Å². The minimum Gasteiger partial charge on any atom is -0.203 e. The van der Waals surface area contributed by atoms with Crippen LogP contribution in [0, 0.1) is 29.1 Å². The van der Waals surface area contributed by atoms with Gasteiger partial charge in [-0.25, -0.2) is 22.0 Å². The number of rotatable bonds is 9. The fourth-order valence-electron chi connectivity index (χ4n) is 7.92. The molecule has 8 aromatic carbocycles. The first kappa shape index (κ1) is 38.2. The van der Waals surface area contributed by atoms with E-state index in [0.717, 1.165) is 15.9 Å². The molecule has 0 atom stereocenters. The van der Waals surface area contributed by atoms with E-state index in [1.165, 1.54) is 21.9 Å². The molecule has 56 heavy (non-hydrogen) atoms. The second kappa shape index (κ2) is 17.1. The van der Waals surface area contributed by atoms with Crippen molar-refractivity contribution in [3.63, 3.8) is 0 Å². The molecular formula is C49H37BF5P. The summed E-state index contributed by atoms with van der Waals surface area (Å²) in [5.41, 5.74) is 4.55. The molecule has 0 saturated carbocycles. The molecule has 0 nitrogen and oxygen atoms in total. The van der Waals surface area contributed by atoms with Gasteiger partial charge in [0.2, 0.25) is 5.82 Å². The Kier molecular flexibility index (Phi) is 11.7. The Labute approximate surface area is 325 Å². The monoisotopic (exact) mass is 762 g/mol. The van der Waals surface area contributed by atoms with Gasteiger partial charge in [-0.2, -0.15) is 21.9 Å². The zero-order valence-corrected chi connectivity index (χ0v) is 31.2. The summed E-state index contributed by atoms with van der Waals surface area (Å²) >= 11 is 0. The van der Waals surface area contributed by atoms with E-state index in [1.807, 2.05) is 54.6 Å². The third-order valence-electron chi connectivity index (χ3n) is 10.5. The molecule has 7 heteroatoms. The molecule has 0 N–H and O–H groups in total. The molecule has 0 bridgehead atoms. The standard InChI is InChI=1S/C25H17F5P.C24H20B/c26-21-20(22(27)24(29)25(30)23(21)28)16-31(17-10-4-1-5-11-17,18-12-6-2-7-13-18)19-14-8-3-9-15-19;1-5-13-21(14-6-1)25(22-15-7-2-8-16-22,23-17-9-3-10-18-23)24-19-11-4-12-20-24/h1-15H,16H2;1-20H/q+1;-1. The number of halogens is 5. The van der Waals surface area contributed by atoms with E-state index < -0.39 is 48.1 Å². The van der Waals surface area contributed by atoms with Crippen LogP contribution >= 0.6 is 7.26 Å². The summed E-state index contributed by atoms with van der Waals surface area (Å²) in [6.07, 6.45) is -1.57. The fourth-order valence-corrected chi connectivity index (χ4v) is 12.2. The second-order valence-electron chi connectivity index (χ2n) is 13.5. The van der Waals surface area contributed by atoms with Gasteiger partial charge in [-0.05, 0) is 36.4 Å². The Bertz CT molecular complexity index is 2180. The number of benzene rings is 8. The lowest BCUT2D eigenvalue weighted by atomic mass is 9.13. The summed E-state index contributed by atoms with van der Waals surface area (Å²) in [5.74, 6) is -9.59. The lowest BCUT2D eigenvalue weighted by Gasteiger charge is -2.44. The maximum absolute atomic E-state index is 14.8. The van der Waals surface area contributed by atoms with Gasteiger partial charge in [0, 0.05) is 0 Å². The van der Waals surface area contributed by atoms with Gasteiger partial charge in [-0.1, -0.05) is 176 Å². The largest absolute Gasteiger partial charge is 0.203 e. The van der Waals surface area contributed by atoms with Gasteiger partial charge in [0.25, 0.3) is 0 Å². The minimum absolute atomic E-state index is 0.350. The zero-order chi connectivity index (χ0) is 39.0. The van der Waals surface area contributed by atoms with Crippen molar-refractivity contribution in [2.45, 2.75) is 6.16 Å². The molecule has 0 aliphatic rings. The van der Waals surface area contributed by atoms with Crippen LogP contribution in [0.3, 0.4) is 0 Å². The molecule has 0 heterocycles. The van der Waals surface area contributed by atoms with Gasteiger partial charge in [-0.3, -0.25) is 0 Å². The Hall–Kier alpha value is -6.10. The lowest BCUT2D eigenvalue weighted by molar-refractivity contribution is 0.372. The van der Waals surface area contributed by atoms with Crippen LogP contribution < -0.4 is 37.8 Å². The van der Waals surface area contributed by atoms with Crippen molar-refractivity contribution in [1.29, 1.82) is 0 Å². The van der Waals surface area contributed by atoms with E-state index in [4.69, 9.17) is 0 Å². The quantitative estimate of drug-likeness (QED) is 0.0453. The molecule has 0 aliphatic heterocycles. The van der Waals surface area contributed by atoms with Crippen LogP contribution in [0.25, 0.3) is 0 Å². The Morgan fingerprint density at radius 2 is 0.500 bits per heavy atom. The molecule has 0 aliphatic carbocycles. The highest BCUT2D eigenvalue weighted by Crippen LogP contribution is 2.58. The van der Waals surface area contributed by atoms with E-state index >= 15 is 0 Å². The molecule has 8 rings (SSSR count). The lowest BCUT2D eigenvalue weighted by Crippen LogP contribution is -2.74. The van der Waals surface area contributed by atoms with Crippen LogP contribution in [-0.2, 0) is 6.16 Å². The van der Waals surface area contributed by atoms with Crippen molar-refractivity contribution in [1.82, 2.24) is 0 Å². The van der Waals surface area contributed by atoms with Crippen LogP contribution in [0.15, 0.2) is 212 Å². The molecule has 0 fully saturated rings. The predicted octanol–water partition coefficient (Wildman–Crippen LogP) is 8.94. The van der Waals surface area contributed by atoms with Gasteiger partial charge < -0.3 is 0 Å². The van der Waals surface area contributed by atoms with Crippen molar-refractivity contribution >= 4 is 51.2 Å². The van der Waals surface area contributed by atoms with Crippen LogP contribution in [0.5, 0.6) is 0 Å². The molecular weight excluding hydrogens is 725 g/mol. The molecule has 0 amide bonds. The van der Waals surface area contributed by atoms with E-state index in [2.05, 4.69) is 121 Å². The molecule has 0 aromatic heterocycles. The van der Waals surface area contributed by atoms with Crippen molar-refractivity contribution < 1.29 is 22.0 Å². The Balaban J connectivity index is 0.000000175. The predicted molar refractivity (Wildman–Crippen MR) is 225 cm³/mol.